The summed E-state index contributed by atoms with van der Waals surface area (Å²) in [5, 5.41) is 12.1. The van der Waals surface area contributed by atoms with E-state index in [1.165, 1.54) is 25.3 Å². The second-order valence-corrected chi connectivity index (χ2v) is 4.62. The normalized spacial score (nSPS) is 10.0. The van der Waals surface area contributed by atoms with E-state index in [-0.39, 0.29) is 17.2 Å². The molecule has 0 aliphatic carbocycles. The summed E-state index contributed by atoms with van der Waals surface area (Å²) in [6, 6.07) is 10.8. The van der Waals surface area contributed by atoms with E-state index >= 15 is 0 Å². The van der Waals surface area contributed by atoms with Crippen molar-refractivity contribution in [1.29, 1.82) is 0 Å². The van der Waals surface area contributed by atoms with Crippen LogP contribution in [0.5, 0.6) is 5.75 Å². The zero-order chi connectivity index (χ0) is 15.4. The Morgan fingerprint density at radius 3 is 2.57 bits per heavy atom. The van der Waals surface area contributed by atoms with Gasteiger partial charge >= 0.3 is 5.97 Å². The number of carboxylic acids is 1. The van der Waals surface area contributed by atoms with Gasteiger partial charge in [0.2, 0.25) is 0 Å². The van der Waals surface area contributed by atoms with E-state index in [2.05, 4.69) is 5.32 Å². The summed E-state index contributed by atoms with van der Waals surface area (Å²) in [7, 11) is 1.37. The molecule has 0 radical (unpaired) electrons. The van der Waals surface area contributed by atoms with Gasteiger partial charge in [-0.25, -0.2) is 4.79 Å². The van der Waals surface area contributed by atoms with Crippen molar-refractivity contribution in [1.82, 2.24) is 0 Å². The fourth-order valence-corrected chi connectivity index (χ4v) is 1.97. The molecule has 5 nitrogen and oxygen atoms in total. The molecule has 2 aromatic rings. The molecule has 0 bridgehead atoms. The number of aromatic carboxylic acids is 1. The van der Waals surface area contributed by atoms with Crippen LogP contribution in [0.3, 0.4) is 0 Å². The second-order valence-electron chi connectivity index (χ2n) is 4.18. The number of benzene rings is 2. The average Bonchev–Trinajstić information content (AvgIpc) is 2.46. The van der Waals surface area contributed by atoms with Gasteiger partial charge in [0.1, 0.15) is 11.3 Å². The number of hydrogen-bond acceptors (Lipinski definition) is 3. The van der Waals surface area contributed by atoms with Crippen molar-refractivity contribution in [3.05, 3.63) is 58.6 Å². The molecule has 0 saturated heterocycles. The fraction of sp³-hybridized carbons (Fsp3) is 0.0667. The molecule has 0 aromatic heterocycles. The zero-order valence-electron chi connectivity index (χ0n) is 11.1. The summed E-state index contributed by atoms with van der Waals surface area (Å²) in [5.74, 6) is -1.27. The van der Waals surface area contributed by atoms with Crippen LogP contribution in [-0.4, -0.2) is 24.1 Å². The maximum atomic E-state index is 12.1. The topological polar surface area (TPSA) is 75.6 Å². The van der Waals surface area contributed by atoms with Gasteiger partial charge in [0, 0.05) is 22.3 Å². The molecule has 1 amide bonds. The van der Waals surface area contributed by atoms with Crippen LogP contribution in [0.25, 0.3) is 0 Å². The molecule has 0 spiro atoms. The molecule has 0 aliphatic rings. The highest BCUT2D eigenvalue weighted by molar-refractivity contribution is 6.31. The van der Waals surface area contributed by atoms with Gasteiger partial charge in [-0.15, -0.1) is 0 Å². The molecule has 2 N–H and O–H groups in total. The number of anilines is 1. The van der Waals surface area contributed by atoms with Gasteiger partial charge < -0.3 is 15.2 Å². The number of ether oxygens (including phenoxy) is 1. The third-order valence-electron chi connectivity index (χ3n) is 2.78. The van der Waals surface area contributed by atoms with Gasteiger partial charge in [-0.2, -0.15) is 0 Å². The summed E-state index contributed by atoms with van der Waals surface area (Å²) in [6.07, 6.45) is 0. The molecule has 0 aliphatic heterocycles. The molecule has 0 unspecified atom stereocenters. The number of rotatable bonds is 4. The Morgan fingerprint density at radius 1 is 1.19 bits per heavy atom. The van der Waals surface area contributed by atoms with Crippen LogP contribution in [-0.2, 0) is 0 Å². The van der Waals surface area contributed by atoms with Crippen LogP contribution in [0.4, 0.5) is 5.69 Å². The lowest BCUT2D eigenvalue weighted by Crippen LogP contribution is -2.12. The Hall–Kier alpha value is -2.53. The van der Waals surface area contributed by atoms with E-state index in [1.807, 2.05) is 0 Å². The quantitative estimate of drug-likeness (QED) is 0.908. The molecule has 6 heteroatoms. The summed E-state index contributed by atoms with van der Waals surface area (Å²) >= 11 is 5.83. The third-order valence-corrected chi connectivity index (χ3v) is 3.01. The van der Waals surface area contributed by atoms with Crippen molar-refractivity contribution < 1.29 is 19.4 Å². The second kappa shape index (κ2) is 6.28. The van der Waals surface area contributed by atoms with E-state index in [4.69, 9.17) is 21.4 Å². The number of carboxylic acid groups (broad SMARTS) is 1. The average molecular weight is 306 g/mol. The lowest BCUT2D eigenvalue weighted by Gasteiger charge is -2.09. The first-order valence-electron chi connectivity index (χ1n) is 5.99. The van der Waals surface area contributed by atoms with E-state index in [0.717, 1.165) is 0 Å². The Balaban J connectivity index is 2.24. The van der Waals surface area contributed by atoms with E-state index in [0.29, 0.717) is 16.3 Å². The van der Waals surface area contributed by atoms with Gasteiger partial charge in [-0.3, -0.25) is 4.79 Å². The fourth-order valence-electron chi connectivity index (χ4n) is 1.78. The smallest absolute Gasteiger partial charge is 0.339 e. The van der Waals surface area contributed by atoms with Gasteiger partial charge in [0.05, 0.1) is 7.11 Å². The van der Waals surface area contributed by atoms with Crippen molar-refractivity contribution in [3.63, 3.8) is 0 Å². The Labute approximate surface area is 126 Å². The van der Waals surface area contributed by atoms with Gasteiger partial charge in [-0.1, -0.05) is 17.7 Å². The predicted octanol–water partition coefficient (Wildman–Crippen LogP) is 3.30. The summed E-state index contributed by atoms with van der Waals surface area (Å²) in [5.41, 5.74) is 0.865. The highest BCUT2D eigenvalue weighted by Gasteiger charge is 2.13. The molecular weight excluding hydrogens is 294 g/mol. The highest BCUT2D eigenvalue weighted by Crippen LogP contribution is 2.23. The number of nitrogens with one attached hydrogen (secondary N) is 1. The van der Waals surface area contributed by atoms with E-state index in [9.17, 15) is 9.59 Å². The van der Waals surface area contributed by atoms with Crippen molar-refractivity contribution >= 4 is 29.2 Å². The lowest BCUT2D eigenvalue weighted by atomic mass is 10.1. The van der Waals surface area contributed by atoms with Crippen LogP contribution < -0.4 is 10.1 Å². The largest absolute Gasteiger partial charge is 0.496 e. The van der Waals surface area contributed by atoms with Crippen molar-refractivity contribution in [2.45, 2.75) is 0 Å². The summed E-state index contributed by atoms with van der Waals surface area (Å²) in [6.45, 7) is 0. The predicted molar refractivity (Wildman–Crippen MR) is 79.4 cm³/mol. The number of halogens is 1. The summed E-state index contributed by atoms with van der Waals surface area (Å²) in [4.78, 5) is 23.0. The molecule has 0 atom stereocenters. The molecule has 0 fully saturated rings. The minimum atomic E-state index is -1.10. The minimum absolute atomic E-state index is 0.0262. The van der Waals surface area contributed by atoms with Crippen LogP contribution in [0, 0.1) is 0 Å². The molecule has 2 rings (SSSR count). The van der Waals surface area contributed by atoms with Crippen molar-refractivity contribution in [2.75, 3.05) is 12.4 Å². The molecule has 0 saturated carbocycles. The third kappa shape index (κ3) is 3.52. The molecule has 21 heavy (non-hydrogen) atoms. The molecule has 0 heterocycles. The van der Waals surface area contributed by atoms with Crippen molar-refractivity contribution in [3.8, 4) is 5.75 Å². The number of carbonyl (C=O) groups excluding carboxylic acids is 1. The molecule has 2 aromatic carbocycles. The first kappa shape index (κ1) is 14.9. The summed E-state index contributed by atoms with van der Waals surface area (Å²) < 4.78 is 5.00. The Morgan fingerprint density at radius 2 is 1.95 bits per heavy atom. The Kier molecular flexibility index (Phi) is 4.45. The zero-order valence-corrected chi connectivity index (χ0v) is 11.8. The minimum Gasteiger partial charge on any atom is -0.496 e. The van der Waals surface area contributed by atoms with E-state index in [1.54, 1.807) is 24.3 Å². The SMILES string of the molecule is COc1cc(NC(=O)c2cccc(Cl)c2)ccc1C(=O)O. The van der Waals surface area contributed by atoms with E-state index < -0.39 is 5.97 Å². The van der Waals surface area contributed by atoms with Crippen molar-refractivity contribution in [2.24, 2.45) is 0 Å². The highest BCUT2D eigenvalue weighted by atomic mass is 35.5. The van der Waals surface area contributed by atoms with Crippen LogP contribution in [0.2, 0.25) is 5.02 Å². The van der Waals surface area contributed by atoms with Gasteiger partial charge in [0.15, 0.2) is 0 Å². The number of carbonyl (C=O) groups is 2. The van der Waals surface area contributed by atoms with Gasteiger partial charge in [0.25, 0.3) is 5.91 Å². The Bertz CT molecular complexity index is 700. The van der Waals surface area contributed by atoms with Crippen LogP contribution in [0.15, 0.2) is 42.5 Å². The number of hydrogen-bond donors (Lipinski definition) is 2. The maximum Gasteiger partial charge on any atom is 0.339 e. The number of methoxy groups -OCH3 is 1. The number of amides is 1. The van der Waals surface area contributed by atoms with Gasteiger partial charge in [-0.05, 0) is 30.3 Å². The molecular formula is C15H12ClNO4. The monoisotopic (exact) mass is 305 g/mol. The maximum absolute atomic E-state index is 12.1. The standard InChI is InChI=1S/C15H12ClNO4/c1-21-13-8-11(5-6-12(13)15(19)20)17-14(18)9-3-2-4-10(16)7-9/h2-8H,1H3,(H,17,18)(H,19,20). The first-order valence-corrected chi connectivity index (χ1v) is 6.37. The van der Waals surface area contributed by atoms with Crippen LogP contribution in [0.1, 0.15) is 20.7 Å². The first-order chi connectivity index (χ1) is 10.0. The lowest BCUT2D eigenvalue weighted by molar-refractivity contribution is 0.0693. The molecule has 108 valence electrons. The van der Waals surface area contributed by atoms with Crippen LogP contribution >= 0.6 is 11.6 Å².